The fourth-order valence-electron chi connectivity index (χ4n) is 0.845. The van der Waals surface area contributed by atoms with Gasteiger partial charge in [-0.05, 0) is 17.7 Å². The van der Waals surface area contributed by atoms with E-state index in [9.17, 15) is 5.11 Å². The van der Waals surface area contributed by atoms with Gasteiger partial charge in [0.1, 0.15) is 5.75 Å². The molecule has 0 unspecified atom stereocenters. The SMILES string of the molecule is C=C[C@H](O)c1cccc(O)c1. The minimum absolute atomic E-state index is 0.156. The van der Waals surface area contributed by atoms with Gasteiger partial charge < -0.3 is 10.2 Å². The van der Waals surface area contributed by atoms with Crippen molar-refractivity contribution in [2.24, 2.45) is 0 Å². The van der Waals surface area contributed by atoms with E-state index in [4.69, 9.17) is 5.11 Å². The van der Waals surface area contributed by atoms with Crippen LogP contribution in [0, 0.1) is 0 Å². The second kappa shape index (κ2) is 3.21. The van der Waals surface area contributed by atoms with E-state index in [1.165, 1.54) is 12.1 Å². The number of aliphatic hydroxyl groups excluding tert-OH is 1. The maximum atomic E-state index is 9.22. The second-order valence-corrected chi connectivity index (χ2v) is 2.28. The Bertz CT molecular complexity index is 255. The summed E-state index contributed by atoms with van der Waals surface area (Å²) < 4.78 is 0. The third-order valence-electron chi connectivity index (χ3n) is 1.43. The van der Waals surface area contributed by atoms with Crippen molar-refractivity contribution in [1.29, 1.82) is 0 Å². The van der Waals surface area contributed by atoms with Crippen molar-refractivity contribution in [3.63, 3.8) is 0 Å². The van der Waals surface area contributed by atoms with Gasteiger partial charge in [-0.1, -0.05) is 18.2 Å². The summed E-state index contributed by atoms with van der Waals surface area (Å²) in [7, 11) is 0. The predicted octanol–water partition coefficient (Wildman–Crippen LogP) is 1.61. The molecule has 0 bridgehead atoms. The normalized spacial score (nSPS) is 12.5. The number of phenolic OH excluding ortho intramolecular Hbond substituents is 1. The average Bonchev–Trinajstić information content (AvgIpc) is 2.03. The van der Waals surface area contributed by atoms with Crippen LogP contribution in [0.1, 0.15) is 11.7 Å². The van der Waals surface area contributed by atoms with E-state index in [0.717, 1.165) is 0 Å². The van der Waals surface area contributed by atoms with Gasteiger partial charge in [0.25, 0.3) is 0 Å². The average molecular weight is 150 g/mol. The molecule has 1 aromatic carbocycles. The molecule has 0 aliphatic carbocycles. The minimum Gasteiger partial charge on any atom is -0.508 e. The number of hydrogen-bond acceptors (Lipinski definition) is 2. The smallest absolute Gasteiger partial charge is 0.115 e. The van der Waals surface area contributed by atoms with E-state index in [-0.39, 0.29) is 5.75 Å². The summed E-state index contributed by atoms with van der Waals surface area (Å²) in [4.78, 5) is 0. The molecule has 2 N–H and O–H groups in total. The summed E-state index contributed by atoms with van der Waals surface area (Å²) in [6, 6.07) is 6.47. The van der Waals surface area contributed by atoms with Crippen molar-refractivity contribution in [3.8, 4) is 5.75 Å². The molecule has 2 heteroatoms. The van der Waals surface area contributed by atoms with E-state index in [0.29, 0.717) is 5.56 Å². The van der Waals surface area contributed by atoms with Crippen LogP contribution in [-0.2, 0) is 0 Å². The molecular formula is C9H10O2. The molecular weight excluding hydrogens is 140 g/mol. The highest BCUT2D eigenvalue weighted by Gasteiger charge is 2.01. The lowest BCUT2D eigenvalue weighted by atomic mass is 10.1. The van der Waals surface area contributed by atoms with Gasteiger partial charge in [-0.3, -0.25) is 0 Å². The second-order valence-electron chi connectivity index (χ2n) is 2.28. The maximum Gasteiger partial charge on any atom is 0.115 e. The predicted molar refractivity (Wildman–Crippen MR) is 43.3 cm³/mol. The standard InChI is InChI=1S/C9H10O2/c1-2-9(11)7-4-3-5-8(10)6-7/h2-6,9-11H,1H2/t9-/m0/s1. The van der Waals surface area contributed by atoms with Crippen molar-refractivity contribution < 1.29 is 10.2 Å². The zero-order chi connectivity index (χ0) is 8.27. The molecule has 1 aromatic rings. The molecule has 0 fully saturated rings. The highest BCUT2D eigenvalue weighted by molar-refractivity contribution is 5.29. The van der Waals surface area contributed by atoms with Gasteiger partial charge in [0.2, 0.25) is 0 Å². The topological polar surface area (TPSA) is 40.5 Å². The van der Waals surface area contributed by atoms with Crippen LogP contribution in [0.4, 0.5) is 0 Å². The Morgan fingerprint density at radius 2 is 2.18 bits per heavy atom. The van der Waals surface area contributed by atoms with E-state index in [1.807, 2.05) is 0 Å². The largest absolute Gasteiger partial charge is 0.508 e. The number of aromatic hydroxyl groups is 1. The van der Waals surface area contributed by atoms with Crippen molar-refractivity contribution in [2.45, 2.75) is 6.10 Å². The lowest BCUT2D eigenvalue weighted by Gasteiger charge is -2.04. The Labute approximate surface area is 65.4 Å². The van der Waals surface area contributed by atoms with Crippen LogP contribution in [0.5, 0.6) is 5.75 Å². The Morgan fingerprint density at radius 1 is 1.45 bits per heavy atom. The van der Waals surface area contributed by atoms with Gasteiger partial charge in [0, 0.05) is 0 Å². The third-order valence-corrected chi connectivity index (χ3v) is 1.43. The summed E-state index contributed by atoms with van der Waals surface area (Å²) in [5, 5.41) is 18.2. The van der Waals surface area contributed by atoms with Crippen molar-refractivity contribution in [1.82, 2.24) is 0 Å². The van der Waals surface area contributed by atoms with E-state index < -0.39 is 6.10 Å². The lowest BCUT2D eigenvalue weighted by Crippen LogP contribution is -1.90. The Hall–Kier alpha value is -1.28. The summed E-state index contributed by atoms with van der Waals surface area (Å²) in [6.45, 7) is 3.44. The number of aliphatic hydroxyl groups is 1. The Kier molecular flexibility index (Phi) is 2.28. The first-order valence-corrected chi connectivity index (χ1v) is 3.33. The fraction of sp³-hybridized carbons (Fsp3) is 0.111. The zero-order valence-electron chi connectivity index (χ0n) is 6.07. The van der Waals surface area contributed by atoms with Gasteiger partial charge in [-0.2, -0.15) is 0 Å². The zero-order valence-corrected chi connectivity index (χ0v) is 6.07. The maximum absolute atomic E-state index is 9.22. The molecule has 0 radical (unpaired) electrons. The number of benzene rings is 1. The van der Waals surface area contributed by atoms with Crippen LogP contribution in [0.3, 0.4) is 0 Å². The first-order valence-electron chi connectivity index (χ1n) is 3.33. The van der Waals surface area contributed by atoms with Crippen LogP contribution < -0.4 is 0 Å². The van der Waals surface area contributed by atoms with Crippen LogP contribution in [0.2, 0.25) is 0 Å². The molecule has 0 heterocycles. The van der Waals surface area contributed by atoms with E-state index >= 15 is 0 Å². The number of phenols is 1. The Balaban J connectivity index is 2.95. The monoisotopic (exact) mass is 150 g/mol. The third kappa shape index (κ3) is 1.82. The lowest BCUT2D eigenvalue weighted by molar-refractivity contribution is 0.228. The van der Waals surface area contributed by atoms with Crippen molar-refractivity contribution in [2.75, 3.05) is 0 Å². The molecule has 0 saturated heterocycles. The molecule has 0 aromatic heterocycles. The molecule has 1 rings (SSSR count). The highest BCUT2D eigenvalue weighted by Crippen LogP contribution is 2.18. The molecule has 0 aliphatic heterocycles. The molecule has 0 spiro atoms. The quantitative estimate of drug-likeness (QED) is 0.629. The van der Waals surface area contributed by atoms with Crippen LogP contribution in [0.25, 0.3) is 0 Å². The molecule has 58 valence electrons. The van der Waals surface area contributed by atoms with E-state index in [1.54, 1.807) is 18.2 Å². The van der Waals surface area contributed by atoms with Gasteiger partial charge in [0.05, 0.1) is 6.10 Å². The highest BCUT2D eigenvalue weighted by atomic mass is 16.3. The van der Waals surface area contributed by atoms with E-state index in [2.05, 4.69) is 6.58 Å². The minimum atomic E-state index is -0.693. The van der Waals surface area contributed by atoms with Crippen molar-refractivity contribution >= 4 is 0 Å². The van der Waals surface area contributed by atoms with Gasteiger partial charge in [-0.15, -0.1) is 6.58 Å². The van der Waals surface area contributed by atoms with Gasteiger partial charge >= 0.3 is 0 Å². The van der Waals surface area contributed by atoms with Gasteiger partial charge in [-0.25, -0.2) is 0 Å². The molecule has 0 saturated carbocycles. The Morgan fingerprint density at radius 3 is 2.73 bits per heavy atom. The molecule has 2 nitrogen and oxygen atoms in total. The van der Waals surface area contributed by atoms with Gasteiger partial charge in [0.15, 0.2) is 0 Å². The number of rotatable bonds is 2. The molecule has 1 atom stereocenters. The van der Waals surface area contributed by atoms with Crippen molar-refractivity contribution in [3.05, 3.63) is 42.5 Å². The summed E-state index contributed by atoms with van der Waals surface area (Å²) in [5.74, 6) is 0.156. The summed E-state index contributed by atoms with van der Waals surface area (Å²) in [6.07, 6.45) is 0.719. The number of hydrogen-bond donors (Lipinski definition) is 2. The molecule has 0 amide bonds. The van der Waals surface area contributed by atoms with Crippen LogP contribution in [-0.4, -0.2) is 10.2 Å². The molecule has 0 aliphatic rings. The first-order chi connectivity index (χ1) is 5.24. The summed E-state index contributed by atoms with van der Waals surface area (Å²) >= 11 is 0. The summed E-state index contributed by atoms with van der Waals surface area (Å²) in [5.41, 5.74) is 0.653. The van der Waals surface area contributed by atoms with Crippen LogP contribution in [0.15, 0.2) is 36.9 Å². The fourth-order valence-corrected chi connectivity index (χ4v) is 0.845. The van der Waals surface area contributed by atoms with Crippen LogP contribution >= 0.6 is 0 Å². The first kappa shape index (κ1) is 7.82. The molecule has 11 heavy (non-hydrogen) atoms.